The smallest absolute Gasteiger partial charge is 0.241 e. The summed E-state index contributed by atoms with van der Waals surface area (Å²) in [6, 6.07) is 8.02. The van der Waals surface area contributed by atoms with Gasteiger partial charge in [-0.2, -0.15) is 4.98 Å². The molecule has 21 heavy (non-hydrogen) atoms. The van der Waals surface area contributed by atoms with E-state index in [1.807, 2.05) is 38.1 Å². The molecular weight excluding hydrogens is 304 g/mol. The number of thiazole rings is 1. The SMILES string of the molecule is CC(C)Oc1ncnc(Sc2nc3ccccc3s2)c1N. The summed E-state index contributed by atoms with van der Waals surface area (Å²) < 4.78 is 7.62. The van der Waals surface area contributed by atoms with Gasteiger partial charge in [-0.15, -0.1) is 11.3 Å². The summed E-state index contributed by atoms with van der Waals surface area (Å²) in [7, 11) is 0. The van der Waals surface area contributed by atoms with Crippen molar-refractivity contribution in [2.45, 2.75) is 29.3 Å². The van der Waals surface area contributed by atoms with Gasteiger partial charge in [0.05, 0.1) is 16.3 Å². The van der Waals surface area contributed by atoms with Crippen molar-refractivity contribution < 1.29 is 4.74 Å². The first-order valence-electron chi connectivity index (χ1n) is 6.44. The van der Waals surface area contributed by atoms with Gasteiger partial charge in [0.15, 0.2) is 4.34 Å². The third-order valence-electron chi connectivity index (χ3n) is 2.62. The zero-order valence-electron chi connectivity index (χ0n) is 11.6. The lowest BCUT2D eigenvalue weighted by molar-refractivity contribution is 0.233. The Morgan fingerprint density at radius 1 is 1.24 bits per heavy atom. The first-order chi connectivity index (χ1) is 10.1. The lowest BCUT2D eigenvalue weighted by atomic mass is 10.3. The van der Waals surface area contributed by atoms with Gasteiger partial charge in [0.2, 0.25) is 5.88 Å². The topological polar surface area (TPSA) is 73.9 Å². The minimum atomic E-state index is 0.0162. The number of ether oxygens (including phenoxy) is 1. The van der Waals surface area contributed by atoms with Gasteiger partial charge >= 0.3 is 0 Å². The van der Waals surface area contributed by atoms with Gasteiger partial charge in [0, 0.05) is 0 Å². The van der Waals surface area contributed by atoms with Gasteiger partial charge in [-0.3, -0.25) is 0 Å². The Kier molecular flexibility index (Phi) is 3.94. The largest absolute Gasteiger partial charge is 0.473 e. The van der Waals surface area contributed by atoms with Crippen molar-refractivity contribution in [3.05, 3.63) is 30.6 Å². The molecular formula is C14H14N4OS2. The monoisotopic (exact) mass is 318 g/mol. The molecule has 3 aromatic rings. The van der Waals surface area contributed by atoms with Crippen LogP contribution in [0.2, 0.25) is 0 Å². The molecule has 7 heteroatoms. The van der Waals surface area contributed by atoms with Crippen LogP contribution in [-0.4, -0.2) is 21.1 Å². The van der Waals surface area contributed by atoms with Crippen LogP contribution in [0.4, 0.5) is 5.69 Å². The number of benzene rings is 1. The van der Waals surface area contributed by atoms with Crippen LogP contribution in [0, 0.1) is 0 Å². The van der Waals surface area contributed by atoms with Gasteiger partial charge in [-0.25, -0.2) is 9.97 Å². The van der Waals surface area contributed by atoms with E-state index in [0.717, 1.165) is 14.6 Å². The molecule has 0 saturated heterocycles. The van der Waals surface area contributed by atoms with Crippen LogP contribution in [0.25, 0.3) is 10.2 Å². The highest BCUT2D eigenvalue weighted by Crippen LogP contribution is 2.37. The second-order valence-electron chi connectivity index (χ2n) is 4.61. The lowest BCUT2D eigenvalue weighted by Crippen LogP contribution is -2.09. The average molecular weight is 318 g/mol. The number of aromatic nitrogens is 3. The zero-order valence-corrected chi connectivity index (χ0v) is 13.2. The minimum absolute atomic E-state index is 0.0162. The molecule has 0 saturated carbocycles. The number of hydrogen-bond acceptors (Lipinski definition) is 7. The molecule has 0 aliphatic heterocycles. The third-order valence-corrected chi connectivity index (χ3v) is 4.73. The molecule has 3 rings (SSSR count). The molecule has 0 fully saturated rings. The number of anilines is 1. The Morgan fingerprint density at radius 3 is 2.81 bits per heavy atom. The highest BCUT2D eigenvalue weighted by Gasteiger charge is 2.14. The maximum absolute atomic E-state index is 6.08. The molecule has 0 amide bonds. The maximum atomic E-state index is 6.08. The number of para-hydroxylation sites is 1. The molecule has 0 atom stereocenters. The van der Waals surface area contributed by atoms with Crippen molar-refractivity contribution in [3.63, 3.8) is 0 Å². The summed E-state index contributed by atoms with van der Waals surface area (Å²) in [5, 5.41) is 0.666. The van der Waals surface area contributed by atoms with Crippen molar-refractivity contribution in [2.75, 3.05) is 5.73 Å². The number of nitrogen functional groups attached to an aromatic ring is 1. The maximum Gasteiger partial charge on any atom is 0.241 e. The van der Waals surface area contributed by atoms with E-state index < -0.39 is 0 Å². The Balaban J connectivity index is 1.90. The van der Waals surface area contributed by atoms with Crippen LogP contribution in [0.1, 0.15) is 13.8 Å². The Labute approximate surface area is 130 Å². The van der Waals surface area contributed by atoms with Gasteiger partial charge in [0.1, 0.15) is 17.0 Å². The summed E-state index contributed by atoms with van der Waals surface area (Å²) in [4.78, 5) is 12.9. The van der Waals surface area contributed by atoms with E-state index in [4.69, 9.17) is 10.5 Å². The zero-order chi connectivity index (χ0) is 14.8. The summed E-state index contributed by atoms with van der Waals surface area (Å²) in [6.07, 6.45) is 1.48. The van der Waals surface area contributed by atoms with E-state index >= 15 is 0 Å². The van der Waals surface area contributed by atoms with E-state index in [1.54, 1.807) is 11.3 Å². The fraction of sp³-hybridized carbons (Fsp3) is 0.214. The van der Waals surface area contributed by atoms with Crippen molar-refractivity contribution >= 4 is 39.0 Å². The van der Waals surface area contributed by atoms with E-state index in [-0.39, 0.29) is 6.10 Å². The molecule has 2 heterocycles. The number of rotatable bonds is 4. The van der Waals surface area contributed by atoms with E-state index in [2.05, 4.69) is 15.0 Å². The molecule has 0 unspecified atom stereocenters. The van der Waals surface area contributed by atoms with Crippen LogP contribution in [0.5, 0.6) is 5.88 Å². The normalized spacial score (nSPS) is 11.2. The Hall–Kier alpha value is -1.86. The van der Waals surface area contributed by atoms with Crippen LogP contribution >= 0.6 is 23.1 Å². The van der Waals surface area contributed by atoms with E-state index in [0.29, 0.717) is 16.6 Å². The fourth-order valence-electron chi connectivity index (χ4n) is 1.74. The summed E-state index contributed by atoms with van der Waals surface area (Å²) in [5.74, 6) is 0.420. The average Bonchev–Trinajstić information content (AvgIpc) is 2.85. The van der Waals surface area contributed by atoms with Crippen LogP contribution in [0.15, 0.2) is 40.0 Å². The summed E-state index contributed by atoms with van der Waals surface area (Å²) in [6.45, 7) is 3.86. The van der Waals surface area contributed by atoms with E-state index in [1.165, 1.54) is 18.1 Å². The van der Waals surface area contributed by atoms with Gasteiger partial charge < -0.3 is 10.5 Å². The highest BCUT2D eigenvalue weighted by atomic mass is 32.2. The second-order valence-corrected chi connectivity index (χ2v) is 6.88. The highest BCUT2D eigenvalue weighted by molar-refractivity contribution is 8.01. The Morgan fingerprint density at radius 2 is 2.05 bits per heavy atom. The van der Waals surface area contributed by atoms with E-state index in [9.17, 15) is 0 Å². The molecule has 0 aliphatic rings. The van der Waals surface area contributed by atoms with Gasteiger partial charge in [0.25, 0.3) is 0 Å². The van der Waals surface area contributed by atoms with Crippen LogP contribution < -0.4 is 10.5 Å². The third kappa shape index (κ3) is 3.08. The van der Waals surface area contributed by atoms with Crippen molar-refractivity contribution in [1.82, 2.24) is 15.0 Å². The van der Waals surface area contributed by atoms with Gasteiger partial charge in [-0.05, 0) is 37.7 Å². The van der Waals surface area contributed by atoms with Crippen molar-refractivity contribution in [2.24, 2.45) is 0 Å². The second kappa shape index (κ2) is 5.87. The summed E-state index contributed by atoms with van der Waals surface area (Å²) >= 11 is 3.05. The van der Waals surface area contributed by atoms with Crippen molar-refractivity contribution in [1.29, 1.82) is 0 Å². The first-order valence-corrected chi connectivity index (χ1v) is 8.07. The predicted octanol–water partition coefficient (Wildman–Crippen LogP) is 3.61. The molecule has 0 bridgehead atoms. The summed E-state index contributed by atoms with van der Waals surface area (Å²) in [5.41, 5.74) is 7.52. The molecule has 1 aromatic carbocycles. The standard InChI is InChI=1S/C14H14N4OS2/c1-8(2)19-12-11(15)13(17-7-16-12)21-14-18-9-5-3-4-6-10(9)20-14/h3-8H,15H2,1-2H3. The molecule has 0 aliphatic carbocycles. The predicted molar refractivity (Wildman–Crippen MR) is 86.0 cm³/mol. The minimum Gasteiger partial charge on any atom is -0.473 e. The number of fused-ring (bicyclic) bond motifs is 1. The molecule has 0 radical (unpaired) electrons. The lowest BCUT2D eigenvalue weighted by Gasteiger charge is -2.11. The number of nitrogens with zero attached hydrogens (tertiary/aromatic N) is 3. The quantitative estimate of drug-likeness (QED) is 0.741. The molecule has 2 aromatic heterocycles. The molecule has 0 spiro atoms. The van der Waals surface area contributed by atoms with Crippen LogP contribution in [-0.2, 0) is 0 Å². The number of hydrogen-bond donors (Lipinski definition) is 1. The Bertz CT molecular complexity index is 740. The number of nitrogens with two attached hydrogens (primary N) is 1. The van der Waals surface area contributed by atoms with Crippen molar-refractivity contribution in [3.8, 4) is 5.88 Å². The molecule has 2 N–H and O–H groups in total. The molecule has 5 nitrogen and oxygen atoms in total. The first kappa shape index (κ1) is 14.1. The van der Waals surface area contributed by atoms with Gasteiger partial charge in [-0.1, -0.05) is 12.1 Å². The molecule has 108 valence electrons. The fourth-order valence-corrected chi connectivity index (χ4v) is 3.72. The van der Waals surface area contributed by atoms with Crippen LogP contribution in [0.3, 0.4) is 0 Å².